The Labute approximate surface area is 109 Å². The zero-order chi connectivity index (χ0) is 13.0. The number of rotatable bonds is 4. The zero-order valence-electron chi connectivity index (χ0n) is 11.1. The predicted octanol–water partition coefficient (Wildman–Crippen LogP) is 4.18. The molecule has 0 bridgehead atoms. The molecule has 1 atom stereocenters. The maximum absolute atomic E-state index is 5.15. The third-order valence-corrected chi connectivity index (χ3v) is 3.02. The maximum atomic E-state index is 5.15. The third kappa shape index (κ3) is 3.04. The zero-order valence-corrected chi connectivity index (χ0v) is 11.1. The van der Waals surface area contributed by atoms with Crippen LogP contribution in [-0.2, 0) is 0 Å². The number of anilines is 1. The second kappa shape index (κ2) is 5.58. The third-order valence-electron chi connectivity index (χ3n) is 3.02. The molecule has 2 heteroatoms. The summed E-state index contributed by atoms with van der Waals surface area (Å²) in [6.07, 6.45) is 0. The van der Waals surface area contributed by atoms with Crippen LogP contribution < -0.4 is 10.1 Å². The van der Waals surface area contributed by atoms with E-state index in [-0.39, 0.29) is 0 Å². The Morgan fingerprint density at radius 1 is 1.06 bits per heavy atom. The average Bonchev–Trinajstić information content (AvgIpc) is 2.39. The highest BCUT2D eigenvalue weighted by atomic mass is 16.5. The molecule has 1 N–H and O–H groups in total. The van der Waals surface area contributed by atoms with E-state index < -0.39 is 0 Å². The van der Waals surface area contributed by atoms with Crippen molar-refractivity contribution in [3.8, 4) is 5.75 Å². The first-order valence-electron chi connectivity index (χ1n) is 6.16. The molecule has 0 aliphatic carbocycles. The Bertz CT molecular complexity index is 505. The lowest BCUT2D eigenvalue weighted by Gasteiger charge is -2.16. The summed E-state index contributed by atoms with van der Waals surface area (Å²) in [5, 5.41) is 3.48. The van der Waals surface area contributed by atoms with Gasteiger partial charge >= 0.3 is 0 Å². The number of benzene rings is 2. The fourth-order valence-electron chi connectivity index (χ4n) is 1.96. The molecule has 18 heavy (non-hydrogen) atoms. The van der Waals surface area contributed by atoms with Crippen LogP contribution in [-0.4, -0.2) is 7.11 Å². The minimum atomic E-state index is 0.290. The van der Waals surface area contributed by atoms with E-state index in [4.69, 9.17) is 4.74 Å². The van der Waals surface area contributed by atoms with Crippen LogP contribution in [0.1, 0.15) is 24.1 Å². The SMILES string of the molecule is COc1ccc(NC(C)c2cccc(C)c2)cc1. The van der Waals surface area contributed by atoms with Gasteiger partial charge in [0.2, 0.25) is 0 Å². The molecule has 94 valence electrons. The van der Waals surface area contributed by atoms with E-state index in [1.165, 1.54) is 11.1 Å². The van der Waals surface area contributed by atoms with Gasteiger partial charge in [-0.1, -0.05) is 29.8 Å². The Morgan fingerprint density at radius 2 is 1.78 bits per heavy atom. The van der Waals surface area contributed by atoms with Crippen molar-refractivity contribution in [2.75, 3.05) is 12.4 Å². The van der Waals surface area contributed by atoms with E-state index in [9.17, 15) is 0 Å². The lowest BCUT2D eigenvalue weighted by molar-refractivity contribution is 0.415. The van der Waals surface area contributed by atoms with Gasteiger partial charge in [-0.2, -0.15) is 0 Å². The van der Waals surface area contributed by atoms with Crippen molar-refractivity contribution in [3.63, 3.8) is 0 Å². The van der Waals surface area contributed by atoms with Gasteiger partial charge in [0.1, 0.15) is 5.75 Å². The van der Waals surface area contributed by atoms with E-state index in [0.29, 0.717) is 6.04 Å². The Balaban J connectivity index is 2.08. The normalized spacial score (nSPS) is 11.9. The minimum absolute atomic E-state index is 0.290. The first-order chi connectivity index (χ1) is 8.69. The van der Waals surface area contributed by atoms with Crippen molar-refractivity contribution >= 4 is 5.69 Å². The second-order valence-electron chi connectivity index (χ2n) is 4.51. The summed E-state index contributed by atoms with van der Waals surface area (Å²) in [5.74, 6) is 0.878. The van der Waals surface area contributed by atoms with Gasteiger partial charge in [0.05, 0.1) is 7.11 Å². The van der Waals surface area contributed by atoms with E-state index in [1.54, 1.807) is 7.11 Å². The van der Waals surface area contributed by atoms with Crippen molar-refractivity contribution in [1.82, 2.24) is 0 Å². The fraction of sp³-hybridized carbons (Fsp3) is 0.250. The van der Waals surface area contributed by atoms with Crippen molar-refractivity contribution in [2.24, 2.45) is 0 Å². The molecule has 1 unspecified atom stereocenters. The molecule has 2 rings (SSSR count). The molecule has 0 aliphatic rings. The van der Waals surface area contributed by atoms with Crippen LogP contribution in [0.3, 0.4) is 0 Å². The molecule has 0 aromatic heterocycles. The summed E-state index contributed by atoms with van der Waals surface area (Å²) < 4.78 is 5.15. The summed E-state index contributed by atoms with van der Waals surface area (Å²) in [6, 6.07) is 16.8. The summed E-state index contributed by atoms with van der Waals surface area (Å²) >= 11 is 0. The van der Waals surface area contributed by atoms with Gasteiger partial charge in [0.15, 0.2) is 0 Å². The van der Waals surface area contributed by atoms with Gasteiger partial charge in [-0.3, -0.25) is 0 Å². The van der Waals surface area contributed by atoms with Crippen LogP contribution in [0.2, 0.25) is 0 Å². The lowest BCUT2D eigenvalue weighted by Crippen LogP contribution is -2.06. The second-order valence-corrected chi connectivity index (χ2v) is 4.51. The topological polar surface area (TPSA) is 21.3 Å². The number of hydrogen-bond acceptors (Lipinski definition) is 2. The van der Waals surface area contributed by atoms with Crippen molar-refractivity contribution in [2.45, 2.75) is 19.9 Å². The highest BCUT2D eigenvalue weighted by molar-refractivity contribution is 5.48. The highest BCUT2D eigenvalue weighted by Gasteiger charge is 2.05. The van der Waals surface area contributed by atoms with Crippen LogP contribution in [0.4, 0.5) is 5.69 Å². The molecular weight excluding hydrogens is 222 g/mol. The molecule has 0 amide bonds. The van der Waals surface area contributed by atoms with E-state index >= 15 is 0 Å². The molecular formula is C16H19NO. The number of methoxy groups -OCH3 is 1. The van der Waals surface area contributed by atoms with Crippen LogP contribution >= 0.6 is 0 Å². The average molecular weight is 241 g/mol. The van der Waals surface area contributed by atoms with Crippen LogP contribution in [0.25, 0.3) is 0 Å². The van der Waals surface area contributed by atoms with Gasteiger partial charge < -0.3 is 10.1 Å². The summed E-state index contributed by atoms with van der Waals surface area (Å²) in [4.78, 5) is 0. The van der Waals surface area contributed by atoms with E-state index in [1.807, 2.05) is 24.3 Å². The van der Waals surface area contributed by atoms with Crippen LogP contribution in [0.15, 0.2) is 48.5 Å². The van der Waals surface area contributed by atoms with Gasteiger partial charge in [-0.25, -0.2) is 0 Å². The molecule has 2 nitrogen and oxygen atoms in total. The Morgan fingerprint density at radius 3 is 2.39 bits per heavy atom. The van der Waals surface area contributed by atoms with Crippen molar-refractivity contribution < 1.29 is 4.74 Å². The van der Waals surface area contributed by atoms with Gasteiger partial charge in [-0.05, 0) is 43.7 Å². The van der Waals surface area contributed by atoms with Gasteiger partial charge in [0, 0.05) is 11.7 Å². The van der Waals surface area contributed by atoms with Crippen molar-refractivity contribution in [1.29, 1.82) is 0 Å². The summed E-state index contributed by atoms with van der Waals surface area (Å²) in [5.41, 5.74) is 3.69. The summed E-state index contributed by atoms with van der Waals surface area (Å²) in [6.45, 7) is 4.28. The molecule has 0 saturated heterocycles. The fourth-order valence-corrected chi connectivity index (χ4v) is 1.96. The summed E-state index contributed by atoms with van der Waals surface area (Å²) in [7, 11) is 1.68. The Kier molecular flexibility index (Phi) is 3.88. The lowest BCUT2D eigenvalue weighted by atomic mass is 10.1. The molecule has 0 radical (unpaired) electrons. The van der Waals surface area contributed by atoms with Crippen molar-refractivity contribution in [3.05, 3.63) is 59.7 Å². The molecule has 2 aromatic carbocycles. The molecule has 0 fully saturated rings. The Hall–Kier alpha value is -1.96. The molecule has 0 aliphatic heterocycles. The molecule has 0 saturated carbocycles. The molecule has 0 spiro atoms. The maximum Gasteiger partial charge on any atom is 0.119 e. The molecule has 0 heterocycles. The first-order valence-corrected chi connectivity index (χ1v) is 6.16. The van der Waals surface area contributed by atoms with Gasteiger partial charge in [-0.15, -0.1) is 0 Å². The van der Waals surface area contributed by atoms with E-state index in [0.717, 1.165) is 11.4 Å². The molecule has 2 aromatic rings. The van der Waals surface area contributed by atoms with Gasteiger partial charge in [0.25, 0.3) is 0 Å². The standard InChI is InChI=1S/C16H19NO/c1-12-5-4-6-14(11-12)13(2)17-15-7-9-16(18-3)10-8-15/h4-11,13,17H,1-3H3. The van der Waals surface area contributed by atoms with Crippen LogP contribution in [0.5, 0.6) is 5.75 Å². The van der Waals surface area contributed by atoms with E-state index in [2.05, 4.69) is 43.4 Å². The quantitative estimate of drug-likeness (QED) is 0.867. The largest absolute Gasteiger partial charge is 0.497 e. The number of ether oxygens (including phenoxy) is 1. The predicted molar refractivity (Wildman–Crippen MR) is 76.2 cm³/mol. The van der Waals surface area contributed by atoms with Crippen LogP contribution in [0, 0.1) is 6.92 Å². The smallest absolute Gasteiger partial charge is 0.119 e. The number of aryl methyl sites for hydroxylation is 1. The first kappa shape index (κ1) is 12.5. The number of nitrogens with one attached hydrogen (secondary N) is 1. The monoisotopic (exact) mass is 241 g/mol. The number of hydrogen-bond donors (Lipinski definition) is 1. The highest BCUT2D eigenvalue weighted by Crippen LogP contribution is 2.21. The minimum Gasteiger partial charge on any atom is -0.497 e.